The van der Waals surface area contributed by atoms with Crippen molar-refractivity contribution in [2.24, 2.45) is 0 Å². The molecule has 1 aliphatic heterocycles. The second kappa shape index (κ2) is 9.65. The highest BCUT2D eigenvalue weighted by atomic mass is 16.5. The molecule has 10 heteroatoms. The Hall–Kier alpha value is -3.66. The van der Waals surface area contributed by atoms with Crippen LogP contribution in [0.4, 0.5) is 22.1 Å². The van der Waals surface area contributed by atoms with Gasteiger partial charge in [-0.25, -0.2) is 9.78 Å². The summed E-state index contributed by atoms with van der Waals surface area (Å²) >= 11 is 0. The number of nitrogens with one attached hydrogen (secondary N) is 5. The van der Waals surface area contributed by atoms with Gasteiger partial charge in [0, 0.05) is 29.6 Å². The first kappa shape index (κ1) is 21.6. The van der Waals surface area contributed by atoms with Crippen LogP contribution in [0.2, 0.25) is 0 Å². The quantitative estimate of drug-likeness (QED) is 0.400. The molecule has 168 valence electrons. The molecule has 0 aliphatic carbocycles. The van der Waals surface area contributed by atoms with E-state index in [4.69, 9.17) is 4.74 Å². The summed E-state index contributed by atoms with van der Waals surface area (Å²) in [5.41, 5.74) is 3.19. The van der Waals surface area contributed by atoms with Crippen LogP contribution in [0.1, 0.15) is 29.8 Å². The van der Waals surface area contributed by atoms with E-state index in [0.29, 0.717) is 17.3 Å². The summed E-state index contributed by atoms with van der Waals surface area (Å²) in [5.74, 6) is 1.95. The molecule has 0 bridgehead atoms. The van der Waals surface area contributed by atoms with Gasteiger partial charge < -0.3 is 26.0 Å². The van der Waals surface area contributed by atoms with Crippen LogP contribution < -0.4 is 26.0 Å². The average molecular weight is 437 g/mol. The topological polar surface area (TPSA) is 129 Å². The fourth-order valence-corrected chi connectivity index (χ4v) is 3.53. The molecule has 2 amide bonds. The van der Waals surface area contributed by atoms with Gasteiger partial charge in [-0.2, -0.15) is 10.1 Å². The highest BCUT2D eigenvalue weighted by Crippen LogP contribution is 2.27. The third-order valence-electron chi connectivity index (χ3n) is 5.11. The molecule has 4 rings (SSSR count). The van der Waals surface area contributed by atoms with Crippen LogP contribution in [0.5, 0.6) is 11.8 Å². The summed E-state index contributed by atoms with van der Waals surface area (Å²) in [4.78, 5) is 21.1. The van der Waals surface area contributed by atoms with E-state index < -0.39 is 0 Å². The Labute approximate surface area is 186 Å². The summed E-state index contributed by atoms with van der Waals surface area (Å²) in [6.07, 6.45) is 1.87. The van der Waals surface area contributed by atoms with Crippen molar-refractivity contribution in [1.29, 1.82) is 0 Å². The number of piperidine rings is 1. The normalized spacial score (nSPS) is 14.1. The van der Waals surface area contributed by atoms with Gasteiger partial charge >= 0.3 is 12.0 Å². The molecule has 2 aromatic heterocycles. The predicted octanol–water partition coefficient (Wildman–Crippen LogP) is 3.53. The first-order chi connectivity index (χ1) is 15.4. The molecule has 3 heterocycles. The molecule has 0 saturated carbocycles. The number of aromatic nitrogens is 4. The van der Waals surface area contributed by atoms with Crippen molar-refractivity contribution in [3.8, 4) is 11.8 Å². The van der Waals surface area contributed by atoms with Gasteiger partial charge in [-0.1, -0.05) is 0 Å². The van der Waals surface area contributed by atoms with E-state index in [1.54, 1.807) is 12.1 Å². The van der Waals surface area contributed by atoms with E-state index in [1.165, 1.54) is 0 Å². The maximum absolute atomic E-state index is 12.3. The van der Waals surface area contributed by atoms with Crippen molar-refractivity contribution >= 4 is 23.4 Å². The molecule has 5 N–H and O–H groups in total. The Kier molecular flexibility index (Phi) is 6.50. The molecule has 10 nitrogen and oxygen atoms in total. The first-order valence-corrected chi connectivity index (χ1v) is 10.7. The number of benzene rings is 1. The molecule has 32 heavy (non-hydrogen) atoms. The van der Waals surface area contributed by atoms with Gasteiger partial charge in [0.1, 0.15) is 17.4 Å². The van der Waals surface area contributed by atoms with Gasteiger partial charge in [-0.05, 0) is 70.5 Å². The van der Waals surface area contributed by atoms with Crippen LogP contribution in [-0.4, -0.2) is 45.3 Å². The molecule has 0 atom stereocenters. The Bertz CT molecular complexity index is 1090. The smallest absolute Gasteiger partial charge is 0.324 e. The minimum atomic E-state index is -0.197. The number of H-pyrrole nitrogens is 1. The monoisotopic (exact) mass is 436 g/mol. The highest BCUT2D eigenvalue weighted by molar-refractivity contribution is 5.89. The van der Waals surface area contributed by atoms with E-state index >= 15 is 0 Å². The fourth-order valence-electron chi connectivity index (χ4n) is 3.53. The standard InChI is InChI=1S/C22H28N8O2/c1-13-10-17(26-21(31)25-16-6-8-23-9-7-16)4-5-18(13)32-22-24-14(2)11-19(28-22)27-20-12-15(3)29-30-20/h4-5,10-12,16,23H,6-9H2,1-3H3,(H2,25,26,31)(H2,24,27,28,29,30). The number of urea groups is 1. The molecule has 0 unspecified atom stereocenters. The van der Waals surface area contributed by atoms with Crippen LogP contribution >= 0.6 is 0 Å². The first-order valence-electron chi connectivity index (χ1n) is 10.7. The Morgan fingerprint density at radius 2 is 1.88 bits per heavy atom. The molecule has 0 spiro atoms. The van der Waals surface area contributed by atoms with E-state index in [0.717, 1.165) is 48.7 Å². The molecular weight excluding hydrogens is 408 g/mol. The number of rotatable bonds is 6. The second-order valence-corrected chi connectivity index (χ2v) is 7.93. The summed E-state index contributed by atoms with van der Waals surface area (Å²) in [5, 5.41) is 19.4. The van der Waals surface area contributed by atoms with Crippen LogP contribution in [0.3, 0.4) is 0 Å². The van der Waals surface area contributed by atoms with Gasteiger partial charge in [0.2, 0.25) is 0 Å². The average Bonchev–Trinajstić information content (AvgIpc) is 3.15. The third-order valence-corrected chi connectivity index (χ3v) is 5.11. The summed E-state index contributed by atoms with van der Waals surface area (Å²) in [6, 6.07) is 9.40. The molecule has 0 radical (unpaired) electrons. The number of carbonyl (C=O) groups excluding carboxylic acids is 1. The van der Waals surface area contributed by atoms with Crippen molar-refractivity contribution in [3.05, 3.63) is 47.3 Å². The highest BCUT2D eigenvalue weighted by Gasteiger charge is 2.16. The minimum absolute atomic E-state index is 0.197. The van der Waals surface area contributed by atoms with Crippen LogP contribution in [-0.2, 0) is 0 Å². The van der Waals surface area contributed by atoms with Gasteiger partial charge in [0.15, 0.2) is 0 Å². The van der Waals surface area contributed by atoms with Crippen LogP contribution in [0.25, 0.3) is 0 Å². The molecule has 1 saturated heterocycles. The zero-order chi connectivity index (χ0) is 22.5. The zero-order valence-electron chi connectivity index (χ0n) is 18.5. The predicted molar refractivity (Wildman–Crippen MR) is 123 cm³/mol. The van der Waals surface area contributed by atoms with Crippen LogP contribution in [0.15, 0.2) is 30.3 Å². The lowest BCUT2D eigenvalue weighted by molar-refractivity contribution is 0.245. The number of aromatic amines is 1. The number of amides is 2. The number of aryl methyl sites for hydroxylation is 3. The number of anilines is 3. The largest absolute Gasteiger partial charge is 0.424 e. The Morgan fingerprint density at radius 3 is 2.59 bits per heavy atom. The molecule has 1 aliphatic rings. The number of ether oxygens (including phenoxy) is 1. The van der Waals surface area contributed by atoms with E-state index in [9.17, 15) is 4.79 Å². The Balaban J connectivity index is 1.40. The molecule has 3 aromatic rings. The lowest BCUT2D eigenvalue weighted by atomic mass is 10.1. The van der Waals surface area contributed by atoms with Crippen molar-refractivity contribution in [1.82, 2.24) is 30.8 Å². The summed E-state index contributed by atoms with van der Waals surface area (Å²) < 4.78 is 5.93. The van der Waals surface area contributed by atoms with Gasteiger partial charge in [-0.3, -0.25) is 5.10 Å². The zero-order valence-corrected chi connectivity index (χ0v) is 18.5. The third kappa shape index (κ3) is 5.73. The summed E-state index contributed by atoms with van der Waals surface area (Å²) in [7, 11) is 0. The van der Waals surface area contributed by atoms with Crippen molar-refractivity contribution in [2.75, 3.05) is 23.7 Å². The van der Waals surface area contributed by atoms with E-state index in [2.05, 4.69) is 41.4 Å². The van der Waals surface area contributed by atoms with Crippen molar-refractivity contribution in [2.45, 2.75) is 39.7 Å². The summed E-state index contributed by atoms with van der Waals surface area (Å²) in [6.45, 7) is 7.54. The molecule has 1 aromatic carbocycles. The minimum Gasteiger partial charge on any atom is -0.424 e. The number of carbonyl (C=O) groups is 1. The van der Waals surface area contributed by atoms with E-state index in [1.807, 2.05) is 39.0 Å². The molecule has 1 fully saturated rings. The lowest BCUT2D eigenvalue weighted by Crippen LogP contribution is -2.44. The maximum Gasteiger partial charge on any atom is 0.324 e. The fraction of sp³-hybridized carbons (Fsp3) is 0.364. The number of nitrogens with zero attached hydrogens (tertiary/aromatic N) is 3. The lowest BCUT2D eigenvalue weighted by Gasteiger charge is -2.23. The SMILES string of the molecule is Cc1cc(Nc2cc(C)nc(Oc3ccc(NC(=O)NC4CCNCC4)cc3C)n2)[nH]n1. The van der Waals surface area contributed by atoms with E-state index in [-0.39, 0.29) is 18.1 Å². The van der Waals surface area contributed by atoms with Gasteiger partial charge in [0.25, 0.3) is 0 Å². The molecular formula is C22H28N8O2. The number of hydrogen-bond donors (Lipinski definition) is 5. The van der Waals surface area contributed by atoms with Crippen molar-refractivity contribution < 1.29 is 9.53 Å². The van der Waals surface area contributed by atoms with Gasteiger partial charge in [-0.15, -0.1) is 0 Å². The second-order valence-electron chi connectivity index (χ2n) is 7.93. The Morgan fingerprint density at radius 1 is 1.06 bits per heavy atom. The van der Waals surface area contributed by atoms with Crippen LogP contribution in [0, 0.1) is 20.8 Å². The van der Waals surface area contributed by atoms with Gasteiger partial charge in [0.05, 0.1) is 5.69 Å². The maximum atomic E-state index is 12.3. The van der Waals surface area contributed by atoms with Crippen molar-refractivity contribution in [3.63, 3.8) is 0 Å². The number of hydrogen-bond acceptors (Lipinski definition) is 7.